The van der Waals surface area contributed by atoms with Crippen LogP contribution in [0.25, 0.3) is 22.2 Å². The molecule has 3 heterocycles. The third-order valence-electron chi connectivity index (χ3n) is 5.70. The zero-order chi connectivity index (χ0) is 25.3. The highest BCUT2D eigenvalue weighted by molar-refractivity contribution is 6.41. The summed E-state index contributed by atoms with van der Waals surface area (Å²) in [6.45, 7) is 4.16. The van der Waals surface area contributed by atoms with Gasteiger partial charge in [-0.15, -0.1) is 0 Å². The lowest BCUT2D eigenvalue weighted by atomic mass is 10.0. The van der Waals surface area contributed by atoms with E-state index in [4.69, 9.17) is 37.4 Å². The Bertz CT molecular complexity index is 1350. The van der Waals surface area contributed by atoms with Crippen molar-refractivity contribution in [3.63, 3.8) is 0 Å². The molecular formula is C23H23Cl2N5O5. The third kappa shape index (κ3) is 4.64. The van der Waals surface area contributed by atoms with Gasteiger partial charge in [0.05, 0.1) is 55.1 Å². The van der Waals surface area contributed by atoms with Gasteiger partial charge in [-0.3, -0.25) is 14.2 Å². The highest BCUT2D eigenvalue weighted by Gasteiger charge is 2.30. The van der Waals surface area contributed by atoms with Crippen LogP contribution in [0.3, 0.4) is 0 Å². The summed E-state index contributed by atoms with van der Waals surface area (Å²) in [7, 11) is 4.51. The molecule has 2 aromatic heterocycles. The molecule has 184 valence electrons. The molecule has 12 heteroatoms. The van der Waals surface area contributed by atoms with Gasteiger partial charge in [0.15, 0.2) is 0 Å². The van der Waals surface area contributed by atoms with Gasteiger partial charge in [0.2, 0.25) is 11.9 Å². The van der Waals surface area contributed by atoms with Crippen LogP contribution >= 0.6 is 23.2 Å². The van der Waals surface area contributed by atoms with Crippen molar-refractivity contribution in [1.29, 1.82) is 0 Å². The Kier molecular flexibility index (Phi) is 7.15. The van der Waals surface area contributed by atoms with Gasteiger partial charge >= 0.3 is 0 Å². The SMILES string of the molecule is C=CC(=O)NC1COCC1Nc1ncc2cc(-c3c(Cl)c(OC)cc(OC)c3Cl)c(=O)n(C)c2n1. The number of carbonyl (C=O) groups excluding carboxylic acids is 1. The Morgan fingerprint density at radius 3 is 2.49 bits per heavy atom. The Morgan fingerprint density at radius 1 is 1.20 bits per heavy atom. The lowest BCUT2D eigenvalue weighted by Crippen LogP contribution is -2.45. The van der Waals surface area contributed by atoms with Crippen molar-refractivity contribution in [1.82, 2.24) is 19.9 Å². The van der Waals surface area contributed by atoms with Crippen LogP contribution in [0.1, 0.15) is 0 Å². The first-order chi connectivity index (χ1) is 16.8. The van der Waals surface area contributed by atoms with Crippen molar-refractivity contribution < 1.29 is 19.0 Å². The van der Waals surface area contributed by atoms with Crippen molar-refractivity contribution in [2.24, 2.45) is 7.05 Å². The summed E-state index contributed by atoms with van der Waals surface area (Å²) in [5.74, 6) is 0.622. The maximum Gasteiger partial charge on any atom is 0.259 e. The summed E-state index contributed by atoms with van der Waals surface area (Å²) < 4.78 is 17.5. The van der Waals surface area contributed by atoms with E-state index in [2.05, 4.69) is 27.2 Å². The molecule has 2 N–H and O–H groups in total. The fourth-order valence-electron chi connectivity index (χ4n) is 3.86. The van der Waals surface area contributed by atoms with Crippen molar-refractivity contribution in [2.75, 3.05) is 32.8 Å². The molecule has 10 nitrogen and oxygen atoms in total. The maximum absolute atomic E-state index is 13.4. The van der Waals surface area contributed by atoms with Crippen LogP contribution in [-0.4, -0.2) is 60.0 Å². The molecule has 1 fully saturated rings. The van der Waals surface area contributed by atoms with Gasteiger partial charge < -0.3 is 24.8 Å². The molecule has 0 aliphatic carbocycles. The summed E-state index contributed by atoms with van der Waals surface area (Å²) in [5, 5.41) is 6.93. The number of amides is 1. The van der Waals surface area contributed by atoms with E-state index >= 15 is 0 Å². The smallest absolute Gasteiger partial charge is 0.259 e. The Labute approximate surface area is 210 Å². The monoisotopic (exact) mass is 519 g/mol. The summed E-state index contributed by atoms with van der Waals surface area (Å²) in [5.41, 5.74) is 0.552. The molecule has 2 unspecified atom stereocenters. The third-order valence-corrected chi connectivity index (χ3v) is 6.45. The molecule has 0 saturated carbocycles. The highest BCUT2D eigenvalue weighted by Crippen LogP contribution is 2.45. The first kappa shape index (κ1) is 24.8. The van der Waals surface area contributed by atoms with Gasteiger partial charge in [0.25, 0.3) is 5.56 Å². The minimum atomic E-state index is -0.374. The number of nitrogens with zero attached hydrogens (tertiary/aromatic N) is 3. The number of halogens is 2. The van der Waals surface area contributed by atoms with E-state index in [1.54, 1.807) is 25.4 Å². The van der Waals surface area contributed by atoms with Crippen LogP contribution in [0.15, 0.2) is 35.8 Å². The predicted molar refractivity (Wildman–Crippen MR) is 134 cm³/mol. The van der Waals surface area contributed by atoms with Crippen LogP contribution in [0.5, 0.6) is 11.5 Å². The number of fused-ring (bicyclic) bond motifs is 1. The molecule has 1 aliphatic rings. The predicted octanol–water partition coefficient (Wildman–Crippen LogP) is 2.80. The molecule has 1 aliphatic heterocycles. The molecule has 0 radical (unpaired) electrons. The maximum atomic E-state index is 13.4. The molecule has 0 bridgehead atoms. The normalized spacial score (nSPS) is 17.3. The number of hydrogen-bond acceptors (Lipinski definition) is 8. The van der Waals surface area contributed by atoms with Gasteiger partial charge in [-0.05, 0) is 12.1 Å². The van der Waals surface area contributed by atoms with Crippen molar-refractivity contribution in [3.05, 3.63) is 51.4 Å². The molecule has 3 aromatic rings. The number of benzene rings is 1. The molecule has 35 heavy (non-hydrogen) atoms. The van der Waals surface area contributed by atoms with E-state index in [0.29, 0.717) is 35.7 Å². The largest absolute Gasteiger partial charge is 0.495 e. The van der Waals surface area contributed by atoms with Gasteiger partial charge in [0.1, 0.15) is 17.1 Å². The van der Waals surface area contributed by atoms with E-state index in [1.807, 2.05) is 0 Å². The van der Waals surface area contributed by atoms with Crippen molar-refractivity contribution in [3.8, 4) is 22.6 Å². The molecule has 1 amide bonds. The molecule has 0 spiro atoms. The summed E-state index contributed by atoms with van der Waals surface area (Å²) in [4.78, 5) is 33.9. The number of ether oxygens (including phenoxy) is 3. The Hall–Kier alpha value is -3.34. The van der Waals surface area contributed by atoms with Gasteiger partial charge in [-0.2, -0.15) is 4.98 Å². The lowest BCUT2D eigenvalue weighted by molar-refractivity contribution is -0.117. The van der Waals surface area contributed by atoms with E-state index in [9.17, 15) is 9.59 Å². The first-order valence-corrected chi connectivity index (χ1v) is 11.3. The van der Waals surface area contributed by atoms with Crippen LogP contribution in [0.2, 0.25) is 10.0 Å². The molecule has 1 saturated heterocycles. The minimum absolute atomic E-state index is 0.183. The quantitative estimate of drug-likeness (QED) is 0.457. The second-order valence-electron chi connectivity index (χ2n) is 7.79. The number of methoxy groups -OCH3 is 2. The number of carbonyl (C=O) groups is 1. The zero-order valence-electron chi connectivity index (χ0n) is 19.2. The van der Waals surface area contributed by atoms with Crippen molar-refractivity contribution in [2.45, 2.75) is 12.1 Å². The standard InChI is InChI=1S/C23H23Cl2N5O5/c1-5-17(31)27-13-9-35-10-14(13)28-23-26-8-11-6-12(22(32)30(2)21(11)29-23)18-19(24)15(33-3)7-16(34-4)20(18)25/h5-8,13-14H,1,9-10H2,2-4H3,(H,27,31)(H,26,28,29). The number of aromatic nitrogens is 3. The van der Waals surface area contributed by atoms with E-state index in [0.717, 1.165) is 0 Å². The summed E-state index contributed by atoms with van der Waals surface area (Å²) in [6, 6.07) is 2.64. The second-order valence-corrected chi connectivity index (χ2v) is 8.54. The minimum Gasteiger partial charge on any atom is -0.495 e. The van der Waals surface area contributed by atoms with E-state index in [1.165, 1.54) is 24.9 Å². The number of anilines is 1. The molecule has 2 atom stereocenters. The average molecular weight is 520 g/mol. The second kappa shape index (κ2) is 10.1. The molecular weight excluding hydrogens is 497 g/mol. The number of rotatable bonds is 7. The lowest BCUT2D eigenvalue weighted by Gasteiger charge is -2.20. The van der Waals surface area contributed by atoms with E-state index in [-0.39, 0.29) is 50.7 Å². The number of pyridine rings is 1. The molecule has 1 aromatic carbocycles. The fourth-order valence-corrected chi connectivity index (χ4v) is 4.57. The van der Waals surface area contributed by atoms with Crippen LogP contribution < -0.4 is 25.7 Å². The first-order valence-electron chi connectivity index (χ1n) is 10.5. The van der Waals surface area contributed by atoms with Gasteiger partial charge in [-0.25, -0.2) is 4.98 Å². The zero-order valence-corrected chi connectivity index (χ0v) is 20.7. The van der Waals surface area contributed by atoms with Gasteiger partial charge in [-0.1, -0.05) is 29.8 Å². The highest BCUT2D eigenvalue weighted by atomic mass is 35.5. The number of aryl methyl sites for hydroxylation is 1. The van der Waals surface area contributed by atoms with Crippen LogP contribution in [0.4, 0.5) is 5.95 Å². The van der Waals surface area contributed by atoms with E-state index < -0.39 is 0 Å². The fraction of sp³-hybridized carbons (Fsp3) is 0.304. The van der Waals surface area contributed by atoms with Gasteiger partial charge in [0, 0.05) is 30.3 Å². The Morgan fingerprint density at radius 2 is 1.86 bits per heavy atom. The summed E-state index contributed by atoms with van der Waals surface area (Å²) in [6.07, 6.45) is 2.78. The average Bonchev–Trinajstić information content (AvgIpc) is 3.28. The van der Waals surface area contributed by atoms with Crippen LogP contribution in [-0.2, 0) is 16.6 Å². The van der Waals surface area contributed by atoms with Crippen molar-refractivity contribution >= 4 is 46.1 Å². The number of hydrogen-bond donors (Lipinski definition) is 2. The van der Waals surface area contributed by atoms with Crippen LogP contribution in [0, 0.1) is 0 Å². The summed E-state index contributed by atoms with van der Waals surface area (Å²) >= 11 is 13.1. The Balaban J connectivity index is 1.75. The molecule has 4 rings (SSSR count). The number of nitrogens with one attached hydrogen (secondary N) is 2. The topological polar surface area (TPSA) is 117 Å².